The number of rotatable bonds is 3. The molecule has 3 unspecified atom stereocenters. The molecule has 1 fully saturated rings. The molecule has 0 aromatic heterocycles. The van der Waals surface area contributed by atoms with E-state index in [0.717, 1.165) is 13.1 Å². The van der Waals surface area contributed by atoms with Crippen molar-refractivity contribution >= 4 is 0 Å². The van der Waals surface area contributed by atoms with Crippen LogP contribution in [0, 0.1) is 12.8 Å². The highest BCUT2D eigenvalue weighted by Gasteiger charge is 2.31. The van der Waals surface area contributed by atoms with E-state index in [-0.39, 0.29) is 0 Å². The quantitative estimate of drug-likeness (QED) is 0.896. The van der Waals surface area contributed by atoms with Crippen molar-refractivity contribution in [2.24, 2.45) is 5.92 Å². The van der Waals surface area contributed by atoms with Gasteiger partial charge in [0.1, 0.15) is 0 Å². The molecule has 2 nitrogen and oxygen atoms in total. The van der Waals surface area contributed by atoms with Gasteiger partial charge in [-0.2, -0.15) is 0 Å². The van der Waals surface area contributed by atoms with Crippen LogP contribution in [0.15, 0.2) is 24.3 Å². The first-order valence-electron chi connectivity index (χ1n) is 7.54. The van der Waals surface area contributed by atoms with Crippen molar-refractivity contribution < 1.29 is 0 Å². The molecular formula is C17H28N2. The lowest BCUT2D eigenvalue weighted by Crippen LogP contribution is -2.57. The van der Waals surface area contributed by atoms with Crippen LogP contribution in [0.5, 0.6) is 0 Å². The van der Waals surface area contributed by atoms with Crippen LogP contribution in [-0.2, 0) is 0 Å². The van der Waals surface area contributed by atoms with Crippen molar-refractivity contribution in [2.75, 3.05) is 13.1 Å². The lowest BCUT2D eigenvalue weighted by molar-refractivity contribution is 0.0657. The first-order valence-corrected chi connectivity index (χ1v) is 7.54. The standard InChI is InChI=1S/C17H28N2/c1-12(2)17-10-18-14(4)11-19(17)15(5)16-8-6-13(3)7-9-16/h6-9,12,14-15,17-18H,10-11H2,1-5H3. The minimum Gasteiger partial charge on any atom is -0.311 e. The van der Waals surface area contributed by atoms with Crippen LogP contribution < -0.4 is 5.32 Å². The van der Waals surface area contributed by atoms with E-state index in [1.54, 1.807) is 0 Å². The summed E-state index contributed by atoms with van der Waals surface area (Å²) in [5.74, 6) is 0.688. The topological polar surface area (TPSA) is 15.3 Å². The summed E-state index contributed by atoms with van der Waals surface area (Å²) >= 11 is 0. The molecule has 3 atom stereocenters. The van der Waals surface area contributed by atoms with Crippen LogP contribution in [0.1, 0.15) is 44.9 Å². The molecule has 1 heterocycles. The van der Waals surface area contributed by atoms with Crippen LogP contribution in [-0.4, -0.2) is 30.1 Å². The molecule has 2 rings (SSSR count). The van der Waals surface area contributed by atoms with Gasteiger partial charge in [-0.05, 0) is 32.3 Å². The summed E-state index contributed by atoms with van der Waals surface area (Å²) < 4.78 is 0. The molecule has 19 heavy (non-hydrogen) atoms. The summed E-state index contributed by atoms with van der Waals surface area (Å²) in [7, 11) is 0. The molecule has 2 heteroatoms. The van der Waals surface area contributed by atoms with Crippen molar-refractivity contribution in [1.82, 2.24) is 10.2 Å². The van der Waals surface area contributed by atoms with Crippen LogP contribution in [0.25, 0.3) is 0 Å². The van der Waals surface area contributed by atoms with E-state index in [1.807, 2.05) is 0 Å². The molecule has 0 spiro atoms. The fourth-order valence-electron chi connectivity index (χ4n) is 3.06. The first-order chi connectivity index (χ1) is 8.99. The van der Waals surface area contributed by atoms with Crippen LogP contribution in [0.4, 0.5) is 0 Å². The maximum absolute atomic E-state index is 3.62. The second-order valence-electron chi connectivity index (χ2n) is 6.40. The normalized spacial score (nSPS) is 26.6. The zero-order valence-corrected chi connectivity index (χ0v) is 13.0. The van der Waals surface area contributed by atoms with Gasteiger partial charge in [-0.1, -0.05) is 43.7 Å². The molecule has 1 saturated heterocycles. The molecule has 0 radical (unpaired) electrons. The van der Waals surface area contributed by atoms with Gasteiger partial charge < -0.3 is 5.32 Å². The van der Waals surface area contributed by atoms with Gasteiger partial charge in [0, 0.05) is 31.2 Å². The zero-order valence-electron chi connectivity index (χ0n) is 13.0. The van der Waals surface area contributed by atoms with Crippen molar-refractivity contribution in [1.29, 1.82) is 0 Å². The summed E-state index contributed by atoms with van der Waals surface area (Å²) in [6.45, 7) is 13.7. The molecule has 0 saturated carbocycles. The van der Waals surface area contributed by atoms with E-state index in [4.69, 9.17) is 0 Å². The summed E-state index contributed by atoms with van der Waals surface area (Å²) in [5, 5.41) is 3.62. The third kappa shape index (κ3) is 3.37. The first kappa shape index (κ1) is 14.5. The van der Waals surface area contributed by atoms with E-state index in [9.17, 15) is 0 Å². The Morgan fingerprint density at radius 1 is 1.16 bits per heavy atom. The highest BCUT2D eigenvalue weighted by molar-refractivity contribution is 5.24. The Labute approximate surface area is 118 Å². The van der Waals surface area contributed by atoms with Gasteiger partial charge in [0.2, 0.25) is 0 Å². The second-order valence-corrected chi connectivity index (χ2v) is 6.40. The molecular weight excluding hydrogens is 232 g/mol. The summed E-state index contributed by atoms with van der Waals surface area (Å²) in [6, 6.07) is 10.7. The van der Waals surface area contributed by atoms with E-state index >= 15 is 0 Å². The number of piperazine rings is 1. The monoisotopic (exact) mass is 260 g/mol. The Balaban J connectivity index is 2.18. The maximum atomic E-state index is 3.62. The molecule has 1 N–H and O–H groups in total. The van der Waals surface area contributed by atoms with Crippen molar-refractivity contribution in [3.8, 4) is 0 Å². The molecule has 106 valence electrons. The second kappa shape index (κ2) is 6.06. The third-order valence-electron chi connectivity index (χ3n) is 4.41. The zero-order chi connectivity index (χ0) is 14.0. The molecule has 0 amide bonds. The predicted octanol–water partition coefficient (Wildman–Crippen LogP) is 3.37. The molecule has 1 aliphatic rings. The lowest BCUT2D eigenvalue weighted by Gasteiger charge is -2.45. The Kier molecular flexibility index (Phi) is 4.64. The Hall–Kier alpha value is -0.860. The van der Waals surface area contributed by atoms with Gasteiger partial charge in [0.05, 0.1) is 0 Å². The average molecular weight is 260 g/mol. The van der Waals surface area contributed by atoms with Gasteiger partial charge in [0.25, 0.3) is 0 Å². The lowest BCUT2D eigenvalue weighted by atomic mass is 9.94. The number of nitrogens with one attached hydrogen (secondary N) is 1. The fraction of sp³-hybridized carbons (Fsp3) is 0.647. The van der Waals surface area contributed by atoms with Gasteiger partial charge in [-0.25, -0.2) is 0 Å². The number of benzene rings is 1. The maximum Gasteiger partial charge on any atom is 0.0324 e. The fourth-order valence-corrected chi connectivity index (χ4v) is 3.06. The Bertz CT molecular complexity index is 396. The van der Waals surface area contributed by atoms with Crippen molar-refractivity contribution in [3.63, 3.8) is 0 Å². The van der Waals surface area contributed by atoms with E-state index < -0.39 is 0 Å². The molecule has 0 bridgehead atoms. The van der Waals surface area contributed by atoms with Crippen molar-refractivity contribution in [3.05, 3.63) is 35.4 Å². The highest BCUT2D eigenvalue weighted by atomic mass is 15.3. The molecule has 1 aromatic carbocycles. The number of aryl methyl sites for hydroxylation is 1. The summed E-state index contributed by atoms with van der Waals surface area (Å²) in [6.07, 6.45) is 0. The minimum absolute atomic E-state index is 0.498. The van der Waals surface area contributed by atoms with Gasteiger partial charge in [-0.3, -0.25) is 4.90 Å². The Morgan fingerprint density at radius 3 is 2.37 bits per heavy atom. The van der Waals surface area contributed by atoms with Crippen LogP contribution in [0.3, 0.4) is 0 Å². The predicted molar refractivity (Wildman–Crippen MR) is 82.4 cm³/mol. The van der Waals surface area contributed by atoms with Crippen LogP contribution >= 0.6 is 0 Å². The number of hydrogen-bond donors (Lipinski definition) is 1. The van der Waals surface area contributed by atoms with E-state index in [1.165, 1.54) is 11.1 Å². The summed E-state index contributed by atoms with van der Waals surface area (Å²) in [5.41, 5.74) is 2.77. The molecule has 1 aliphatic heterocycles. The number of nitrogens with zero attached hydrogens (tertiary/aromatic N) is 1. The van der Waals surface area contributed by atoms with Crippen molar-refractivity contribution in [2.45, 2.75) is 52.7 Å². The highest BCUT2D eigenvalue weighted by Crippen LogP contribution is 2.27. The van der Waals surface area contributed by atoms with Gasteiger partial charge in [-0.15, -0.1) is 0 Å². The molecule has 0 aliphatic carbocycles. The van der Waals surface area contributed by atoms with E-state index in [2.05, 4.69) is 69.1 Å². The Morgan fingerprint density at radius 2 is 1.79 bits per heavy atom. The van der Waals surface area contributed by atoms with Gasteiger partial charge in [0.15, 0.2) is 0 Å². The third-order valence-corrected chi connectivity index (χ3v) is 4.41. The largest absolute Gasteiger partial charge is 0.311 e. The number of hydrogen-bond acceptors (Lipinski definition) is 2. The molecule has 1 aromatic rings. The summed E-state index contributed by atoms with van der Waals surface area (Å²) in [4.78, 5) is 2.68. The van der Waals surface area contributed by atoms with Crippen LogP contribution in [0.2, 0.25) is 0 Å². The van der Waals surface area contributed by atoms with Gasteiger partial charge >= 0.3 is 0 Å². The minimum atomic E-state index is 0.498. The smallest absolute Gasteiger partial charge is 0.0324 e. The van der Waals surface area contributed by atoms with E-state index in [0.29, 0.717) is 24.0 Å². The SMILES string of the molecule is Cc1ccc(C(C)N2CC(C)NCC2C(C)C)cc1. The average Bonchev–Trinajstić information content (AvgIpc) is 2.38.